The van der Waals surface area contributed by atoms with Crippen LogP contribution >= 0.6 is 0 Å². The molecule has 146 valence electrons. The van der Waals surface area contributed by atoms with Crippen LogP contribution in [-0.2, 0) is 17.9 Å². The van der Waals surface area contributed by atoms with E-state index in [2.05, 4.69) is 40.9 Å². The van der Waals surface area contributed by atoms with E-state index in [1.165, 1.54) is 5.56 Å². The third-order valence-electron chi connectivity index (χ3n) is 5.02. The summed E-state index contributed by atoms with van der Waals surface area (Å²) in [4.78, 5) is 19.5. The van der Waals surface area contributed by atoms with E-state index < -0.39 is 0 Å². The molecule has 0 spiro atoms. The van der Waals surface area contributed by atoms with Gasteiger partial charge in [-0.1, -0.05) is 35.5 Å². The van der Waals surface area contributed by atoms with Crippen molar-refractivity contribution in [2.24, 2.45) is 0 Å². The van der Waals surface area contributed by atoms with Gasteiger partial charge in [0.25, 0.3) is 0 Å². The van der Waals surface area contributed by atoms with Crippen LogP contribution in [0.5, 0.6) is 0 Å². The highest BCUT2D eigenvalue weighted by molar-refractivity contribution is 5.78. The number of aromatic nitrogens is 1. The molecule has 0 saturated carbocycles. The van der Waals surface area contributed by atoms with Crippen LogP contribution in [0.25, 0.3) is 0 Å². The average Bonchev–Trinajstić information content (AvgIpc) is 3.06. The van der Waals surface area contributed by atoms with Gasteiger partial charge in [0.05, 0.1) is 18.8 Å². The Morgan fingerprint density at radius 1 is 1.15 bits per heavy atom. The molecule has 1 saturated heterocycles. The predicted molar refractivity (Wildman–Crippen MR) is 105 cm³/mol. The lowest BCUT2D eigenvalue weighted by molar-refractivity contribution is -0.135. The van der Waals surface area contributed by atoms with Crippen molar-refractivity contribution in [1.82, 2.24) is 19.9 Å². The Morgan fingerprint density at radius 2 is 1.81 bits per heavy atom. The zero-order valence-electron chi connectivity index (χ0n) is 16.6. The van der Waals surface area contributed by atoms with E-state index >= 15 is 0 Å². The fourth-order valence-corrected chi connectivity index (χ4v) is 3.44. The Balaban J connectivity index is 1.48. The number of carbonyl (C=O) groups excluding carboxylic acids is 1. The zero-order chi connectivity index (χ0) is 19.2. The lowest BCUT2D eigenvalue weighted by Crippen LogP contribution is -2.50. The first-order chi connectivity index (χ1) is 13.0. The molecule has 6 nitrogen and oxygen atoms in total. The maximum absolute atomic E-state index is 12.9. The van der Waals surface area contributed by atoms with Crippen LogP contribution in [0.1, 0.15) is 30.9 Å². The second-order valence-corrected chi connectivity index (χ2v) is 7.59. The van der Waals surface area contributed by atoms with Crippen molar-refractivity contribution in [3.8, 4) is 0 Å². The summed E-state index contributed by atoms with van der Waals surface area (Å²) in [7, 11) is 0. The van der Waals surface area contributed by atoms with Crippen molar-refractivity contribution in [3.63, 3.8) is 0 Å². The number of nitrogens with zero attached hydrogens (tertiary/aromatic N) is 4. The Kier molecular flexibility index (Phi) is 6.63. The molecule has 0 aliphatic carbocycles. The standard InChI is InChI=1S/C21H30N4O2/c1-17(2)25(14-19-7-5-4-6-8-19)21(26)16-24-11-9-23(10-12-24)15-20-13-18(3)22-27-20/h4-8,13,17H,9-12,14-16H2,1-3H3. The second-order valence-electron chi connectivity index (χ2n) is 7.59. The van der Waals surface area contributed by atoms with Gasteiger partial charge in [-0.2, -0.15) is 0 Å². The lowest BCUT2D eigenvalue weighted by atomic mass is 10.2. The first-order valence-corrected chi connectivity index (χ1v) is 9.71. The van der Waals surface area contributed by atoms with Gasteiger partial charge in [0.1, 0.15) is 0 Å². The minimum absolute atomic E-state index is 0.189. The molecule has 6 heteroatoms. The van der Waals surface area contributed by atoms with Gasteiger partial charge >= 0.3 is 0 Å². The molecule has 0 N–H and O–H groups in total. The van der Waals surface area contributed by atoms with Gasteiger partial charge in [-0.15, -0.1) is 0 Å². The molecule has 0 unspecified atom stereocenters. The molecule has 27 heavy (non-hydrogen) atoms. The van der Waals surface area contributed by atoms with Gasteiger partial charge in [-0.25, -0.2) is 0 Å². The summed E-state index contributed by atoms with van der Waals surface area (Å²) in [6, 6.07) is 12.4. The number of rotatable bonds is 7. The lowest BCUT2D eigenvalue weighted by Gasteiger charge is -2.35. The van der Waals surface area contributed by atoms with Gasteiger partial charge in [0, 0.05) is 44.8 Å². The first kappa shape index (κ1) is 19.6. The fraction of sp³-hybridized carbons (Fsp3) is 0.524. The summed E-state index contributed by atoms with van der Waals surface area (Å²) in [5, 5.41) is 3.94. The number of carbonyl (C=O) groups is 1. The van der Waals surface area contributed by atoms with Crippen LogP contribution in [0.15, 0.2) is 40.9 Å². The summed E-state index contributed by atoms with van der Waals surface area (Å²) >= 11 is 0. The third-order valence-corrected chi connectivity index (χ3v) is 5.02. The smallest absolute Gasteiger partial charge is 0.237 e. The van der Waals surface area contributed by atoms with E-state index in [1.54, 1.807) is 0 Å². The van der Waals surface area contributed by atoms with E-state index in [0.717, 1.165) is 44.2 Å². The molecular weight excluding hydrogens is 340 g/mol. The highest BCUT2D eigenvalue weighted by Gasteiger charge is 2.23. The topological polar surface area (TPSA) is 52.8 Å². The van der Waals surface area contributed by atoms with Crippen molar-refractivity contribution in [2.45, 2.75) is 39.9 Å². The van der Waals surface area contributed by atoms with Crippen LogP contribution in [0.3, 0.4) is 0 Å². The zero-order valence-corrected chi connectivity index (χ0v) is 16.6. The predicted octanol–water partition coefficient (Wildman–Crippen LogP) is 2.54. The maximum Gasteiger partial charge on any atom is 0.237 e. The van der Waals surface area contributed by atoms with Gasteiger partial charge in [-0.05, 0) is 26.3 Å². The van der Waals surface area contributed by atoms with Crippen molar-refractivity contribution in [2.75, 3.05) is 32.7 Å². The van der Waals surface area contributed by atoms with Crippen LogP contribution in [0.4, 0.5) is 0 Å². The summed E-state index contributed by atoms with van der Waals surface area (Å²) in [6.45, 7) is 11.7. The molecule has 3 rings (SSSR count). The van der Waals surface area contributed by atoms with E-state index in [1.807, 2.05) is 36.1 Å². The molecule has 1 aromatic carbocycles. The summed E-state index contributed by atoms with van der Waals surface area (Å²) in [6.07, 6.45) is 0. The highest BCUT2D eigenvalue weighted by atomic mass is 16.5. The Hall–Kier alpha value is -2.18. The normalized spacial score (nSPS) is 16.0. The summed E-state index contributed by atoms with van der Waals surface area (Å²) in [5.41, 5.74) is 2.09. The van der Waals surface area contributed by atoms with Crippen molar-refractivity contribution < 1.29 is 9.32 Å². The Morgan fingerprint density at radius 3 is 2.41 bits per heavy atom. The van der Waals surface area contributed by atoms with Gasteiger partial charge < -0.3 is 9.42 Å². The molecule has 2 heterocycles. The largest absolute Gasteiger partial charge is 0.360 e. The fourth-order valence-electron chi connectivity index (χ4n) is 3.44. The molecule has 0 radical (unpaired) electrons. The molecule has 1 fully saturated rings. The monoisotopic (exact) mass is 370 g/mol. The van der Waals surface area contributed by atoms with E-state index in [4.69, 9.17) is 4.52 Å². The second kappa shape index (κ2) is 9.15. The number of amides is 1. The van der Waals surface area contributed by atoms with E-state index in [9.17, 15) is 4.79 Å². The number of piperazine rings is 1. The van der Waals surface area contributed by atoms with E-state index in [-0.39, 0.29) is 11.9 Å². The quantitative estimate of drug-likeness (QED) is 0.750. The minimum Gasteiger partial charge on any atom is -0.360 e. The number of hydrogen-bond acceptors (Lipinski definition) is 5. The number of benzene rings is 1. The molecule has 1 amide bonds. The maximum atomic E-state index is 12.9. The molecule has 1 aliphatic rings. The SMILES string of the molecule is Cc1cc(CN2CCN(CC(=O)N(Cc3ccccc3)C(C)C)CC2)on1. The van der Waals surface area contributed by atoms with Crippen LogP contribution in [-0.4, -0.2) is 64.5 Å². The van der Waals surface area contributed by atoms with Gasteiger partial charge in [0.2, 0.25) is 5.91 Å². The Bertz CT molecular complexity index is 721. The number of aryl methyl sites for hydroxylation is 1. The van der Waals surface area contributed by atoms with Crippen molar-refractivity contribution >= 4 is 5.91 Å². The summed E-state index contributed by atoms with van der Waals surface area (Å²) < 4.78 is 5.31. The van der Waals surface area contributed by atoms with Crippen LogP contribution < -0.4 is 0 Å². The Labute approximate surface area is 161 Å². The molecule has 0 atom stereocenters. The minimum atomic E-state index is 0.189. The molecule has 1 aromatic heterocycles. The third kappa shape index (κ3) is 5.65. The molecule has 1 aliphatic heterocycles. The number of hydrogen-bond donors (Lipinski definition) is 0. The van der Waals surface area contributed by atoms with Crippen LogP contribution in [0.2, 0.25) is 0 Å². The average molecular weight is 370 g/mol. The van der Waals surface area contributed by atoms with Gasteiger partial charge in [-0.3, -0.25) is 14.6 Å². The highest BCUT2D eigenvalue weighted by Crippen LogP contribution is 2.12. The van der Waals surface area contributed by atoms with E-state index in [0.29, 0.717) is 13.1 Å². The van der Waals surface area contributed by atoms with Crippen molar-refractivity contribution in [1.29, 1.82) is 0 Å². The van der Waals surface area contributed by atoms with Gasteiger partial charge in [0.15, 0.2) is 5.76 Å². The van der Waals surface area contributed by atoms with Crippen molar-refractivity contribution in [3.05, 3.63) is 53.4 Å². The molecule has 0 bridgehead atoms. The first-order valence-electron chi connectivity index (χ1n) is 9.71. The molecule has 2 aromatic rings. The van der Waals surface area contributed by atoms with Crippen LogP contribution in [0, 0.1) is 6.92 Å². The summed E-state index contributed by atoms with van der Waals surface area (Å²) in [5.74, 6) is 1.11. The molecular formula is C21H30N4O2.